The average molecular weight is 531 g/mol. The molecule has 2 aromatic carbocycles. The summed E-state index contributed by atoms with van der Waals surface area (Å²) in [4.78, 5) is 25.1. The van der Waals surface area contributed by atoms with Crippen LogP contribution in [0.3, 0.4) is 0 Å². The summed E-state index contributed by atoms with van der Waals surface area (Å²) in [5, 5.41) is 10.9. The Labute approximate surface area is 219 Å². The van der Waals surface area contributed by atoms with Crippen molar-refractivity contribution in [2.45, 2.75) is 26.8 Å². The minimum atomic E-state index is -0.616. The molecule has 0 bridgehead atoms. The van der Waals surface area contributed by atoms with E-state index in [1.54, 1.807) is 56.3 Å². The molecule has 0 spiro atoms. The normalized spacial score (nSPS) is 15.2. The molecule has 0 saturated carbocycles. The summed E-state index contributed by atoms with van der Waals surface area (Å²) in [6.45, 7) is 5.75. The number of hydrazone groups is 1. The highest BCUT2D eigenvalue weighted by Gasteiger charge is 2.32. The maximum atomic E-state index is 12.7. The van der Waals surface area contributed by atoms with Crippen molar-refractivity contribution in [3.63, 3.8) is 0 Å². The number of nitrogens with one attached hydrogen (secondary N) is 3. The molecule has 2 aromatic rings. The smallest absolute Gasteiger partial charge is 0.338 e. The van der Waals surface area contributed by atoms with Crippen LogP contribution in [-0.4, -0.2) is 43.0 Å². The number of benzene rings is 2. The van der Waals surface area contributed by atoms with Crippen molar-refractivity contribution < 1.29 is 23.8 Å². The molecule has 0 aliphatic carbocycles. The van der Waals surface area contributed by atoms with Crippen LogP contribution in [0.2, 0.25) is 5.02 Å². The summed E-state index contributed by atoms with van der Waals surface area (Å²) in [6.07, 6.45) is 1.45. The molecule has 1 heterocycles. The first-order valence-electron chi connectivity index (χ1n) is 11.2. The number of nitrogens with zero attached hydrogens (tertiary/aromatic N) is 1. The van der Waals surface area contributed by atoms with Crippen molar-refractivity contribution in [2.24, 2.45) is 5.10 Å². The quantitative estimate of drug-likeness (QED) is 0.185. The van der Waals surface area contributed by atoms with Gasteiger partial charge in [-0.1, -0.05) is 29.8 Å². The molecular weight excluding hydrogens is 504 g/mol. The number of para-hydroxylation sites is 1. The lowest BCUT2D eigenvalue weighted by Crippen LogP contribution is -2.45. The van der Waals surface area contributed by atoms with Gasteiger partial charge in [-0.15, -0.1) is 0 Å². The largest absolute Gasteiger partial charge is 0.493 e. The number of ether oxygens (including phenoxy) is 3. The van der Waals surface area contributed by atoms with Crippen molar-refractivity contribution in [1.82, 2.24) is 16.1 Å². The Morgan fingerprint density at radius 2 is 1.92 bits per heavy atom. The molecule has 0 aromatic heterocycles. The molecular formula is C25H27ClN4O5S. The summed E-state index contributed by atoms with van der Waals surface area (Å²) < 4.78 is 16.6. The number of rotatable bonds is 10. The third-order valence-electron chi connectivity index (χ3n) is 5.02. The van der Waals surface area contributed by atoms with E-state index in [9.17, 15) is 9.59 Å². The standard InChI is InChI=1S/C25H27ClN4O5S/c1-4-33-19-11-10-17(26)12-16(19)13-27-30-21(31)14-35-20-9-7-6-8-18(20)23-22(24(32)34-5-2)15(3)28-25(36)29-23/h6-13,23H,4-5,14H2,1-3H3,(H,30,31)(H2,28,29,36)/t23-/m0/s1. The number of esters is 1. The van der Waals surface area contributed by atoms with E-state index in [4.69, 9.17) is 38.0 Å². The number of halogens is 1. The van der Waals surface area contributed by atoms with Crippen LogP contribution >= 0.6 is 23.8 Å². The molecule has 11 heteroatoms. The molecule has 3 rings (SSSR count). The van der Waals surface area contributed by atoms with E-state index >= 15 is 0 Å². The van der Waals surface area contributed by atoms with Crippen LogP contribution in [-0.2, 0) is 14.3 Å². The molecule has 0 radical (unpaired) electrons. The molecule has 9 nitrogen and oxygen atoms in total. The van der Waals surface area contributed by atoms with E-state index < -0.39 is 17.9 Å². The Morgan fingerprint density at radius 3 is 2.67 bits per heavy atom. The number of hydrogen-bond acceptors (Lipinski definition) is 7. The first-order valence-corrected chi connectivity index (χ1v) is 12.0. The van der Waals surface area contributed by atoms with E-state index in [2.05, 4.69) is 21.2 Å². The van der Waals surface area contributed by atoms with E-state index in [1.165, 1.54) is 6.21 Å². The summed E-state index contributed by atoms with van der Waals surface area (Å²) in [7, 11) is 0. The van der Waals surface area contributed by atoms with Crippen molar-refractivity contribution in [3.05, 3.63) is 69.9 Å². The third kappa shape index (κ3) is 6.96. The molecule has 190 valence electrons. The zero-order chi connectivity index (χ0) is 26.1. The molecule has 36 heavy (non-hydrogen) atoms. The van der Waals surface area contributed by atoms with Crippen LogP contribution in [0.5, 0.6) is 11.5 Å². The molecule has 1 aliphatic heterocycles. The molecule has 0 fully saturated rings. The van der Waals surface area contributed by atoms with Crippen molar-refractivity contribution in [2.75, 3.05) is 19.8 Å². The second-order valence-corrected chi connectivity index (χ2v) is 8.37. The Balaban J connectivity index is 1.71. The first-order chi connectivity index (χ1) is 17.3. The van der Waals surface area contributed by atoms with Gasteiger partial charge in [0.2, 0.25) is 0 Å². The lowest BCUT2D eigenvalue weighted by molar-refractivity contribution is -0.139. The second-order valence-electron chi connectivity index (χ2n) is 7.53. The Morgan fingerprint density at radius 1 is 1.14 bits per heavy atom. The van der Waals surface area contributed by atoms with Gasteiger partial charge in [0, 0.05) is 21.8 Å². The van der Waals surface area contributed by atoms with Crippen LogP contribution in [0.25, 0.3) is 0 Å². The van der Waals surface area contributed by atoms with Gasteiger partial charge in [-0.05, 0) is 57.3 Å². The average Bonchev–Trinajstić information content (AvgIpc) is 2.84. The van der Waals surface area contributed by atoms with E-state index in [-0.39, 0.29) is 13.2 Å². The van der Waals surface area contributed by atoms with Crippen LogP contribution < -0.4 is 25.5 Å². The van der Waals surface area contributed by atoms with Gasteiger partial charge in [-0.25, -0.2) is 10.2 Å². The monoisotopic (exact) mass is 530 g/mol. The molecule has 1 aliphatic rings. The van der Waals surface area contributed by atoms with Gasteiger partial charge in [0.1, 0.15) is 11.5 Å². The summed E-state index contributed by atoms with van der Waals surface area (Å²) in [5.41, 5.74) is 4.63. The zero-order valence-electron chi connectivity index (χ0n) is 20.1. The Bertz CT molecular complexity index is 1200. The first kappa shape index (κ1) is 27.0. The number of amides is 1. The predicted octanol–water partition coefficient (Wildman–Crippen LogP) is 3.62. The van der Waals surface area contributed by atoms with Gasteiger partial charge in [-0.3, -0.25) is 4.79 Å². The van der Waals surface area contributed by atoms with Crippen molar-refractivity contribution in [3.8, 4) is 11.5 Å². The maximum absolute atomic E-state index is 12.7. The summed E-state index contributed by atoms with van der Waals surface area (Å²) in [6, 6.07) is 11.6. The highest BCUT2D eigenvalue weighted by Crippen LogP contribution is 2.33. The topological polar surface area (TPSA) is 110 Å². The van der Waals surface area contributed by atoms with Crippen LogP contribution in [0.15, 0.2) is 58.8 Å². The molecule has 0 saturated heterocycles. The van der Waals surface area contributed by atoms with Gasteiger partial charge in [-0.2, -0.15) is 5.10 Å². The number of carbonyl (C=O) groups is 2. The molecule has 3 N–H and O–H groups in total. The Kier molecular flexibility index (Phi) is 9.66. The number of hydrogen-bond donors (Lipinski definition) is 3. The van der Waals surface area contributed by atoms with E-state index in [0.29, 0.717) is 50.6 Å². The van der Waals surface area contributed by atoms with Gasteiger partial charge in [0.25, 0.3) is 5.91 Å². The SMILES string of the molecule is CCOC(=O)C1=C(C)NC(=S)N[C@H]1c1ccccc1OCC(=O)NN=Cc1cc(Cl)ccc1OCC. The number of allylic oxidation sites excluding steroid dienone is 1. The van der Waals surface area contributed by atoms with Crippen LogP contribution in [0.1, 0.15) is 37.9 Å². The summed E-state index contributed by atoms with van der Waals surface area (Å²) in [5.74, 6) is 0.0455. The molecule has 1 amide bonds. The second kappa shape index (κ2) is 12.9. The van der Waals surface area contributed by atoms with Crippen molar-refractivity contribution in [1.29, 1.82) is 0 Å². The van der Waals surface area contributed by atoms with Crippen molar-refractivity contribution >= 4 is 47.0 Å². The van der Waals surface area contributed by atoms with Gasteiger partial charge in [0.15, 0.2) is 11.7 Å². The highest BCUT2D eigenvalue weighted by molar-refractivity contribution is 7.80. The number of carbonyl (C=O) groups excluding carboxylic acids is 2. The summed E-state index contributed by atoms with van der Waals surface area (Å²) >= 11 is 11.3. The minimum Gasteiger partial charge on any atom is -0.493 e. The van der Waals surface area contributed by atoms with Gasteiger partial charge >= 0.3 is 5.97 Å². The van der Waals surface area contributed by atoms with Crippen LogP contribution in [0.4, 0.5) is 0 Å². The lowest BCUT2D eigenvalue weighted by Gasteiger charge is -2.30. The highest BCUT2D eigenvalue weighted by atomic mass is 35.5. The fourth-order valence-corrected chi connectivity index (χ4v) is 3.97. The lowest BCUT2D eigenvalue weighted by atomic mass is 9.95. The van der Waals surface area contributed by atoms with Gasteiger partial charge in [0.05, 0.1) is 31.0 Å². The maximum Gasteiger partial charge on any atom is 0.338 e. The zero-order valence-corrected chi connectivity index (χ0v) is 21.7. The number of thiocarbonyl (C=S) groups is 1. The predicted molar refractivity (Wildman–Crippen MR) is 141 cm³/mol. The Hall–Kier alpha value is -3.63. The van der Waals surface area contributed by atoms with Gasteiger partial charge < -0.3 is 24.8 Å². The fraction of sp³-hybridized carbons (Fsp3) is 0.280. The van der Waals surface area contributed by atoms with E-state index in [1.807, 2.05) is 6.92 Å². The van der Waals surface area contributed by atoms with E-state index in [0.717, 1.165) is 0 Å². The fourth-order valence-electron chi connectivity index (χ4n) is 3.51. The minimum absolute atomic E-state index is 0.229. The molecule has 0 unspecified atom stereocenters. The third-order valence-corrected chi connectivity index (χ3v) is 5.47. The molecule has 1 atom stereocenters. The van der Waals surface area contributed by atoms with Crippen LogP contribution in [0, 0.1) is 0 Å².